The van der Waals surface area contributed by atoms with Gasteiger partial charge in [-0.2, -0.15) is 18.3 Å². The van der Waals surface area contributed by atoms with E-state index in [-0.39, 0.29) is 37.6 Å². The zero-order valence-corrected chi connectivity index (χ0v) is 12.5. The number of aromatic nitrogens is 2. The second kappa shape index (κ2) is 7.01. The van der Waals surface area contributed by atoms with E-state index in [0.29, 0.717) is 18.5 Å². The minimum Gasteiger partial charge on any atom is -0.368 e. The fraction of sp³-hybridized carbons (Fsp3) is 0.643. The number of halogens is 3. The van der Waals surface area contributed by atoms with Gasteiger partial charge in [-0.1, -0.05) is 0 Å². The van der Waals surface area contributed by atoms with Crippen LogP contribution in [0.1, 0.15) is 32.1 Å². The summed E-state index contributed by atoms with van der Waals surface area (Å²) in [5, 5.41) is 6.50. The maximum Gasteiger partial charge on any atom is 0.391 e. The third-order valence-electron chi connectivity index (χ3n) is 4.02. The van der Waals surface area contributed by atoms with E-state index in [0.717, 1.165) is 0 Å². The number of primary amides is 1. The van der Waals surface area contributed by atoms with E-state index in [1.54, 1.807) is 0 Å². The number of hydrogen-bond acceptors (Lipinski definition) is 3. The van der Waals surface area contributed by atoms with Gasteiger partial charge in [0, 0.05) is 12.6 Å². The molecule has 0 radical (unpaired) electrons. The largest absolute Gasteiger partial charge is 0.391 e. The Balaban J connectivity index is 1.77. The lowest BCUT2D eigenvalue weighted by molar-refractivity contribution is -0.184. The molecule has 3 N–H and O–H groups in total. The predicted octanol–water partition coefficient (Wildman–Crippen LogP) is 2.07. The summed E-state index contributed by atoms with van der Waals surface area (Å²) in [6.45, 7) is -0.0860. The van der Waals surface area contributed by atoms with Gasteiger partial charge in [0.25, 0.3) is 0 Å². The van der Waals surface area contributed by atoms with Crippen molar-refractivity contribution in [2.45, 2.75) is 44.8 Å². The summed E-state index contributed by atoms with van der Waals surface area (Å²) in [7, 11) is 0. The van der Waals surface area contributed by atoms with Crippen molar-refractivity contribution in [3.05, 3.63) is 12.4 Å². The Morgan fingerprint density at radius 3 is 2.52 bits per heavy atom. The van der Waals surface area contributed by atoms with Gasteiger partial charge in [-0.3, -0.25) is 14.3 Å². The van der Waals surface area contributed by atoms with Gasteiger partial charge in [-0.25, -0.2) is 0 Å². The molecule has 1 fully saturated rings. The molecule has 0 unspecified atom stereocenters. The van der Waals surface area contributed by atoms with Gasteiger partial charge >= 0.3 is 6.18 Å². The van der Waals surface area contributed by atoms with Crippen molar-refractivity contribution in [2.24, 2.45) is 17.6 Å². The molecule has 0 bridgehead atoms. The third-order valence-corrected chi connectivity index (χ3v) is 4.02. The summed E-state index contributed by atoms with van der Waals surface area (Å²) in [5.41, 5.74) is 5.46. The smallest absolute Gasteiger partial charge is 0.368 e. The molecular weight excluding hydrogens is 313 g/mol. The minimum atomic E-state index is -4.14. The molecule has 2 amide bonds. The molecule has 0 aliphatic heterocycles. The summed E-state index contributed by atoms with van der Waals surface area (Å²) in [6, 6.07) is 0. The lowest BCUT2D eigenvalue weighted by Crippen LogP contribution is -2.29. The highest BCUT2D eigenvalue weighted by Crippen LogP contribution is 2.40. The van der Waals surface area contributed by atoms with E-state index < -0.39 is 18.0 Å². The summed E-state index contributed by atoms with van der Waals surface area (Å²) in [6.07, 6.45) is -0.120. The van der Waals surface area contributed by atoms with E-state index in [2.05, 4.69) is 10.4 Å². The molecule has 6 nitrogen and oxygen atoms in total. The molecule has 9 heteroatoms. The molecule has 1 aliphatic carbocycles. The number of nitrogens with one attached hydrogen (secondary N) is 1. The van der Waals surface area contributed by atoms with Crippen molar-refractivity contribution >= 4 is 17.5 Å². The molecule has 1 aromatic rings. The number of amides is 2. The van der Waals surface area contributed by atoms with Crippen LogP contribution in [0.2, 0.25) is 0 Å². The van der Waals surface area contributed by atoms with E-state index in [1.807, 2.05) is 0 Å². The highest BCUT2D eigenvalue weighted by molar-refractivity contribution is 5.90. The molecule has 23 heavy (non-hydrogen) atoms. The minimum absolute atomic E-state index is 0.0331. The Kier molecular flexibility index (Phi) is 5.27. The Morgan fingerprint density at radius 1 is 1.30 bits per heavy atom. The van der Waals surface area contributed by atoms with Crippen LogP contribution in [-0.2, 0) is 16.1 Å². The monoisotopic (exact) mass is 332 g/mol. The molecule has 0 atom stereocenters. The molecule has 2 rings (SSSR count). The average Bonchev–Trinajstić information content (AvgIpc) is 2.84. The van der Waals surface area contributed by atoms with Gasteiger partial charge in [0.2, 0.25) is 11.8 Å². The van der Waals surface area contributed by atoms with E-state index in [1.165, 1.54) is 17.1 Å². The molecule has 0 saturated heterocycles. The zero-order chi connectivity index (χ0) is 17.0. The summed E-state index contributed by atoms with van der Waals surface area (Å²) in [5.74, 6) is -2.09. The number of nitrogens with zero attached hydrogens (tertiary/aromatic N) is 2. The molecule has 1 aliphatic rings. The molecule has 128 valence electrons. The summed E-state index contributed by atoms with van der Waals surface area (Å²) < 4.78 is 39.1. The molecule has 0 spiro atoms. The third kappa shape index (κ3) is 5.26. The second-order valence-electron chi connectivity index (χ2n) is 5.90. The number of carbonyl (C=O) groups is 2. The Labute approximate surface area is 131 Å². The van der Waals surface area contributed by atoms with Crippen molar-refractivity contribution in [1.82, 2.24) is 9.78 Å². The lowest BCUT2D eigenvalue weighted by Gasteiger charge is -2.29. The van der Waals surface area contributed by atoms with Crippen LogP contribution in [0.4, 0.5) is 18.9 Å². The number of nitrogens with two attached hydrogens (primary N) is 1. The normalized spacial score (nSPS) is 21.9. The van der Waals surface area contributed by atoms with E-state index >= 15 is 0 Å². The van der Waals surface area contributed by atoms with Crippen LogP contribution < -0.4 is 11.1 Å². The van der Waals surface area contributed by atoms with Crippen molar-refractivity contribution in [3.63, 3.8) is 0 Å². The van der Waals surface area contributed by atoms with Crippen LogP contribution in [0.3, 0.4) is 0 Å². The van der Waals surface area contributed by atoms with Crippen molar-refractivity contribution in [1.29, 1.82) is 0 Å². The average molecular weight is 332 g/mol. The molecule has 1 saturated carbocycles. The van der Waals surface area contributed by atoms with Gasteiger partial charge in [-0.05, 0) is 31.6 Å². The van der Waals surface area contributed by atoms with E-state index in [9.17, 15) is 22.8 Å². The maximum atomic E-state index is 12.6. The highest BCUT2D eigenvalue weighted by Gasteiger charge is 2.41. The number of alkyl halides is 3. The predicted molar refractivity (Wildman–Crippen MR) is 76.2 cm³/mol. The first-order valence-electron chi connectivity index (χ1n) is 7.41. The maximum absolute atomic E-state index is 12.6. The number of hydrogen-bond donors (Lipinski definition) is 2. The Hall–Kier alpha value is -2.06. The van der Waals surface area contributed by atoms with Crippen LogP contribution in [0.15, 0.2) is 12.4 Å². The van der Waals surface area contributed by atoms with Crippen LogP contribution in [0.25, 0.3) is 0 Å². The zero-order valence-electron chi connectivity index (χ0n) is 12.5. The van der Waals surface area contributed by atoms with Crippen LogP contribution in [0.5, 0.6) is 0 Å². The first kappa shape index (κ1) is 17.3. The van der Waals surface area contributed by atoms with Gasteiger partial charge in [0.05, 0.1) is 17.8 Å². The van der Waals surface area contributed by atoms with Gasteiger partial charge < -0.3 is 11.1 Å². The second-order valence-corrected chi connectivity index (χ2v) is 5.90. The SMILES string of the molecule is NC(=O)Cn1cc(NC(=O)CC2CCC(C(F)(F)F)CC2)cn1. The van der Waals surface area contributed by atoms with Crippen molar-refractivity contribution in [3.8, 4) is 0 Å². The van der Waals surface area contributed by atoms with Gasteiger partial charge in [0.15, 0.2) is 0 Å². The van der Waals surface area contributed by atoms with Crippen LogP contribution in [0, 0.1) is 11.8 Å². The number of rotatable bonds is 5. The van der Waals surface area contributed by atoms with Crippen LogP contribution in [-0.4, -0.2) is 27.8 Å². The standard InChI is InChI=1S/C14H19F3N4O2/c15-14(16,17)10-3-1-9(2-4-10)5-13(23)20-11-6-19-21(7-11)8-12(18)22/h6-7,9-10H,1-5,8H2,(H2,18,22)(H,20,23). The number of anilines is 1. The van der Waals surface area contributed by atoms with Gasteiger partial charge in [0.1, 0.15) is 6.54 Å². The van der Waals surface area contributed by atoms with Crippen molar-refractivity contribution in [2.75, 3.05) is 5.32 Å². The van der Waals surface area contributed by atoms with E-state index in [4.69, 9.17) is 5.73 Å². The molecule has 0 aromatic carbocycles. The Morgan fingerprint density at radius 2 is 1.96 bits per heavy atom. The highest BCUT2D eigenvalue weighted by atomic mass is 19.4. The molecule has 1 heterocycles. The molecule has 1 aromatic heterocycles. The van der Waals surface area contributed by atoms with Crippen molar-refractivity contribution < 1.29 is 22.8 Å². The lowest BCUT2D eigenvalue weighted by atomic mass is 9.80. The number of carbonyl (C=O) groups excluding carboxylic acids is 2. The van der Waals surface area contributed by atoms with Crippen LogP contribution >= 0.6 is 0 Å². The quantitative estimate of drug-likeness (QED) is 0.865. The first-order chi connectivity index (χ1) is 10.7. The summed E-state index contributed by atoms with van der Waals surface area (Å²) >= 11 is 0. The topological polar surface area (TPSA) is 90.0 Å². The first-order valence-corrected chi connectivity index (χ1v) is 7.41. The fourth-order valence-corrected chi connectivity index (χ4v) is 2.84. The summed E-state index contributed by atoms with van der Waals surface area (Å²) in [4.78, 5) is 22.7. The fourth-order valence-electron chi connectivity index (χ4n) is 2.84. The molecular formula is C14H19F3N4O2. The Bertz CT molecular complexity index is 563. The van der Waals surface area contributed by atoms with Gasteiger partial charge in [-0.15, -0.1) is 0 Å².